The number of halogens is 3. The Morgan fingerprint density at radius 2 is 1.83 bits per heavy atom. The van der Waals surface area contributed by atoms with Gasteiger partial charge in [-0.2, -0.15) is 13.2 Å². The highest BCUT2D eigenvalue weighted by Gasteiger charge is 2.49. The minimum Gasteiger partial charge on any atom is -0.309 e. The molecule has 0 bridgehead atoms. The van der Waals surface area contributed by atoms with Crippen molar-refractivity contribution < 1.29 is 22.8 Å². The third-order valence-corrected chi connectivity index (χ3v) is 7.34. The van der Waals surface area contributed by atoms with Gasteiger partial charge in [-0.05, 0) is 55.7 Å². The summed E-state index contributed by atoms with van der Waals surface area (Å²) < 4.78 is 39.4. The number of fused-ring (bicyclic) bond motifs is 1. The number of benzene rings is 1. The molecule has 8 heteroatoms. The van der Waals surface area contributed by atoms with E-state index in [9.17, 15) is 22.8 Å². The van der Waals surface area contributed by atoms with E-state index in [1.165, 1.54) is 12.1 Å². The van der Waals surface area contributed by atoms with Crippen LogP contribution in [0.15, 0.2) is 24.3 Å². The molecule has 2 aliphatic rings. The molecule has 1 aromatic rings. The van der Waals surface area contributed by atoms with Crippen LogP contribution in [0, 0.1) is 23.2 Å². The molecule has 1 aliphatic carbocycles. The van der Waals surface area contributed by atoms with Gasteiger partial charge in [0.05, 0.1) is 11.6 Å². The highest BCUT2D eigenvalue weighted by atomic mass is 19.4. The molecule has 1 aromatic carbocycles. The molecule has 0 radical (unpaired) electrons. The quantitative estimate of drug-likeness (QED) is 0.582. The number of likely N-dealkylation sites (tertiary alicyclic amines) is 1. The normalized spacial score (nSPS) is 24.0. The molecular formula is C27H40F3N3O2. The summed E-state index contributed by atoms with van der Waals surface area (Å²) in [6, 6.07) is 4.87. The first-order valence-electron chi connectivity index (χ1n) is 12.7. The lowest BCUT2D eigenvalue weighted by Gasteiger charge is -2.38. The van der Waals surface area contributed by atoms with Crippen molar-refractivity contribution in [1.29, 1.82) is 0 Å². The summed E-state index contributed by atoms with van der Waals surface area (Å²) in [4.78, 5) is 31.0. The summed E-state index contributed by atoms with van der Waals surface area (Å²) in [7, 11) is 1.76. The van der Waals surface area contributed by atoms with Crippen molar-refractivity contribution in [2.75, 3.05) is 20.1 Å². The second-order valence-electron chi connectivity index (χ2n) is 11.7. The van der Waals surface area contributed by atoms with Gasteiger partial charge >= 0.3 is 6.18 Å². The summed E-state index contributed by atoms with van der Waals surface area (Å²) in [5, 5.41) is 3.12. The van der Waals surface area contributed by atoms with Crippen LogP contribution in [0.3, 0.4) is 0 Å². The van der Waals surface area contributed by atoms with Crippen LogP contribution in [0.1, 0.15) is 65.0 Å². The van der Waals surface area contributed by atoms with Crippen LogP contribution < -0.4 is 5.32 Å². The maximum absolute atomic E-state index is 13.7. The SMILES string of the molecule is CN[C@@H](CC(C)C)C(=O)N(C(=O)C(C)(C)C)C1CC[C@H]2CN(Cc3cccc(C(F)(F)F)c3)CC12. The van der Waals surface area contributed by atoms with E-state index in [0.717, 1.165) is 25.5 Å². The van der Waals surface area contributed by atoms with Crippen molar-refractivity contribution in [1.82, 2.24) is 15.1 Å². The predicted octanol–water partition coefficient (Wildman–Crippen LogP) is 4.95. The smallest absolute Gasteiger partial charge is 0.309 e. The summed E-state index contributed by atoms with van der Waals surface area (Å²) >= 11 is 0. The van der Waals surface area contributed by atoms with E-state index in [-0.39, 0.29) is 23.8 Å². The molecular weight excluding hydrogens is 455 g/mol. The average Bonchev–Trinajstić information content (AvgIpc) is 3.31. The Balaban J connectivity index is 1.80. The number of amides is 2. The zero-order chi connectivity index (χ0) is 26.1. The lowest BCUT2D eigenvalue weighted by atomic mass is 9.90. The van der Waals surface area contributed by atoms with Crippen molar-refractivity contribution in [3.63, 3.8) is 0 Å². The van der Waals surface area contributed by atoms with Crippen molar-refractivity contribution in [2.45, 2.75) is 78.7 Å². The third kappa shape index (κ3) is 6.45. The molecule has 0 aromatic heterocycles. The Bertz CT molecular complexity index is 910. The van der Waals surface area contributed by atoms with Gasteiger partial charge in [0.1, 0.15) is 0 Å². The third-order valence-electron chi connectivity index (χ3n) is 7.34. The second kappa shape index (κ2) is 10.6. The predicted molar refractivity (Wildman–Crippen MR) is 130 cm³/mol. The first kappa shape index (κ1) is 27.7. The molecule has 2 amide bonds. The molecule has 3 rings (SSSR count). The van der Waals surface area contributed by atoms with Crippen LogP contribution in [0.2, 0.25) is 0 Å². The first-order valence-corrected chi connectivity index (χ1v) is 12.7. The van der Waals surface area contributed by atoms with Crippen LogP contribution >= 0.6 is 0 Å². The number of likely N-dealkylation sites (N-methyl/N-ethyl adjacent to an activating group) is 1. The lowest BCUT2D eigenvalue weighted by molar-refractivity contribution is -0.155. The Labute approximate surface area is 207 Å². The fourth-order valence-corrected chi connectivity index (χ4v) is 5.64. The number of carbonyl (C=O) groups is 2. The van der Waals surface area contributed by atoms with Gasteiger partial charge in [0.15, 0.2) is 0 Å². The number of nitrogens with one attached hydrogen (secondary N) is 1. The second-order valence-corrected chi connectivity index (χ2v) is 11.7. The fourth-order valence-electron chi connectivity index (χ4n) is 5.64. The van der Waals surface area contributed by atoms with Crippen molar-refractivity contribution in [2.24, 2.45) is 23.2 Å². The van der Waals surface area contributed by atoms with E-state index in [2.05, 4.69) is 24.1 Å². The average molecular weight is 496 g/mol. The van der Waals surface area contributed by atoms with Crippen LogP contribution in [0.4, 0.5) is 13.2 Å². The van der Waals surface area contributed by atoms with Gasteiger partial charge in [-0.1, -0.05) is 52.8 Å². The number of rotatable bonds is 7. The zero-order valence-corrected chi connectivity index (χ0v) is 21.8. The van der Waals surface area contributed by atoms with Gasteiger partial charge in [-0.3, -0.25) is 19.4 Å². The Hall–Kier alpha value is -1.93. The van der Waals surface area contributed by atoms with E-state index in [4.69, 9.17) is 0 Å². The van der Waals surface area contributed by atoms with Crippen molar-refractivity contribution >= 4 is 11.8 Å². The molecule has 1 N–H and O–H groups in total. The van der Waals surface area contributed by atoms with E-state index in [1.807, 2.05) is 20.8 Å². The highest BCUT2D eigenvalue weighted by molar-refractivity contribution is 6.00. The van der Waals surface area contributed by atoms with Crippen molar-refractivity contribution in [3.8, 4) is 0 Å². The molecule has 2 fully saturated rings. The molecule has 0 spiro atoms. The molecule has 1 heterocycles. The van der Waals surface area contributed by atoms with Crippen LogP contribution in [-0.2, 0) is 22.3 Å². The Morgan fingerprint density at radius 1 is 1.14 bits per heavy atom. The minimum atomic E-state index is -4.36. The lowest BCUT2D eigenvalue weighted by Crippen LogP contribution is -2.57. The van der Waals surface area contributed by atoms with Crippen LogP contribution in [0.5, 0.6) is 0 Å². The summed E-state index contributed by atoms with van der Waals surface area (Å²) in [6.07, 6.45) is -2.04. The van der Waals surface area contributed by atoms with E-state index >= 15 is 0 Å². The van der Waals surface area contributed by atoms with Gasteiger partial charge in [0.2, 0.25) is 11.8 Å². The van der Waals surface area contributed by atoms with Gasteiger partial charge < -0.3 is 5.32 Å². The van der Waals surface area contributed by atoms with E-state index in [1.54, 1.807) is 18.0 Å². The number of alkyl halides is 3. The number of carbonyl (C=O) groups excluding carboxylic acids is 2. The maximum Gasteiger partial charge on any atom is 0.416 e. The van der Waals surface area contributed by atoms with Gasteiger partial charge in [-0.25, -0.2) is 0 Å². The van der Waals surface area contributed by atoms with E-state index < -0.39 is 23.2 Å². The molecule has 1 saturated heterocycles. The fraction of sp³-hybridized carbons (Fsp3) is 0.704. The van der Waals surface area contributed by atoms with Gasteiger partial charge in [0, 0.05) is 31.1 Å². The van der Waals surface area contributed by atoms with Crippen LogP contribution in [0.25, 0.3) is 0 Å². The minimum absolute atomic E-state index is 0.132. The van der Waals surface area contributed by atoms with Gasteiger partial charge in [-0.15, -0.1) is 0 Å². The van der Waals surface area contributed by atoms with Crippen molar-refractivity contribution in [3.05, 3.63) is 35.4 Å². The Morgan fingerprint density at radius 3 is 2.40 bits per heavy atom. The number of hydrogen-bond donors (Lipinski definition) is 1. The Kier molecular flexibility index (Phi) is 8.37. The molecule has 196 valence electrons. The molecule has 4 atom stereocenters. The summed E-state index contributed by atoms with van der Waals surface area (Å²) in [6.45, 7) is 11.5. The molecule has 2 unspecified atom stereocenters. The summed E-state index contributed by atoms with van der Waals surface area (Å²) in [5.41, 5.74) is -0.703. The number of hydrogen-bond acceptors (Lipinski definition) is 4. The van der Waals surface area contributed by atoms with E-state index in [0.29, 0.717) is 36.9 Å². The monoisotopic (exact) mass is 495 g/mol. The molecule has 35 heavy (non-hydrogen) atoms. The van der Waals surface area contributed by atoms with Crippen LogP contribution in [-0.4, -0.2) is 53.8 Å². The molecule has 5 nitrogen and oxygen atoms in total. The number of imide groups is 1. The first-order chi connectivity index (χ1) is 16.2. The number of nitrogens with zero attached hydrogens (tertiary/aromatic N) is 2. The highest BCUT2D eigenvalue weighted by Crippen LogP contribution is 2.42. The largest absolute Gasteiger partial charge is 0.416 e. The topological polar surface area (TPSA) is 52.7 Å². The standard InChI is InChI=1S/C27H40F3N3O2/c1-17(2)12-22(31-6)24(34)33(25(35)26(3,4)5)23-11-10-19-15-32(16-21(19)23)14-18-8-7-9-20(13-18)27(28,29)30/h7-9,13,17,19,21-23,31H,10-12,14-16H2,1-6H3/t19-,21?,22-,23?/m0/s1. The summed E-state index contributed by atoms with van der Waals surface area (Å²) in [5.74, 6) is 0.435. The van der Waals surface area contributed by atoms with Gasteiger partial charge in [0.25, 0.3) is 0 Å². The molecule has 1 aliphatic heterocycles. The zero-order valence-electron chi connectivity index (χ0n) is 21.8. The molecule has 1 saturated carbocycles. The maximum atomic E-state index is 13.7.